The zero-order valence-electron chi connectivity index (χ0n) is 54.0. The zero-order chi connectivity index (χ0) is 61.1. The Labute approximate surface area is 512 Å². The first-order chi connectivity index (χ1) is 41.5. The maximum absolute atomic E-state index is 13.8. The molecule has 1 amide bonds. The molecule has 0 spiro atoms. The van der Waals surface area contributed by atoms with Gasteiger partial charge in [-0.3, -0.25) is 24.1 Å². The fraction of sp³-hybridized carbons (Fsp3) is 0.806. The SMILES string of the molecule is CCCCCCCCC(O)CN(CCCCCC(=O)Nc1nc(OCCCC)nc2c1[nH]c(=O)n2CCCN(CCCN1CCOCC1)Cc1cccc(C(=O)OC)c1)CCCN(CC(O)CCCCCCCC)CC(O)CCCCCCCC. The Kier molecular flexibility index (Phi) is 39.9. The quantitative estimate of drug-likeness (QED) is 0.0263. The molecular formula is C67H119N9O9. The molecule has 4 rings (SSSR count). The van der Waals surface area contributed by atoms with E-state index in [1.807, 2.05) is 18.2 Å². The number of carbonyl (C=O) groups excluding carboxylic acids is 2. The molecule has 0 radical (unpaired) electrons. The van der Waals surface area contributed by atoms with Gasteiger partial charge >= 0.3 is 17.7 Å². The number of aromatic nitrogens is 4. The number of nitrogens with zero attached hydrogens (tertiary/aromatic N) is 7. The van der Waals surface area contributed by atoms with Gasteiger partial charge in [-0.1, -0.05) is 168 Å². The summed E-state index contributed by atoms with van der Waals surface area (Å²) in [5.41, 5.74) is 1.91. The number of morpholine rings is 1. The molecule has 1 aliphatic heterocycles. The summed E-state index contributed by atoms with van der Waals surface area (Å²) >= 11 is 0. The van der Waals surface area contributed by atoms with Crippen LogP contribution in [0.1, 0.15) is 236 Å². The van der Waals surface area contributed by atoms with Gasteiger partial charge in [0.15, 0.2) is 11.5 Å². The number of fused-ring (bicyclic) bond motifs is 1. The number of imidazole rings is 1. The number of ether oxygens (including phenoxy) is 3. The van der Waals surface area contributed by atoms with Crippen LogP contribution in [0.4, 0.5) is 5.82 Å². The van der Waals surface area contributed by atoms with Gasteiger partial charge in [-0.25, -0.2) is 9.59 Å². The van der Waals surface area contributed by atoms with Crippen LogP contribution in [-0.4, -0.2) is 184 Å². The molecule has 0 saturated carbocycles. The Morgan fingerprint density at radius 3 is 1.76 bits per heavy atom. The highest BCUT2D eigenvalue weighted by molar-refractivity contribution is 5.97. The second-order valence-corrected chi connectivity index (χ2v) is 24.4. The number of hydrogen-bond acceptors (Lipinski definition) is 15. The minimum atomic E-state index is -0.420. The molecule has 18 heteroatoms. The van der Waals surface area contributed by atoms with Crippen LogP contribution in [0.3, 0.4) is 0 Å². The van der Waals surface area contributed by atoms with Crippen LogP contribution in [0, 0.1) is 0 Å². The molecule has 5 N–H and O–H groups in total. The van der Waals surface area contributed by atoms with Crippen molar-refractivity contribution >= 4 is 28.9 Å². The molecule has 3 unspecified atom stereocenters. The number of benzene rings is 1. The normalized spacial score (nSPS) is 14.2. The number of nitrogens with one attached hydrogen (secondary N) is 2. The van der Waals surface area contributed by atoms with E-state index in [1.54, 1.807) is 10.6 Å². The van der Waals surface area contributed by atoms with E-state index >= 15 is 0 Å². The van der Waals surface area contributed by atoms with Crippen molar-refractivity contribution in [3.63, 3.8) is 0 Å². The fourth-order valence-corrected chi connectivity index (χ4v) is 11.6. The number of amides is 1. The Hall–Kier alpha value is -4.01. The number of aromatic amines is 1. The zero-order valence-corrected chi connectivity index (χ0v) is 54.0. The molecule has 1 saturated heterocycles. The lowest BCUT2D eigenvalue weighted by atomic mass is 10.1. The van der Waals surface area contributed by atoms with Gasteiger partial charge < -0.3 is 44.7 Å². The Balaban J connectivity index is 1.38. The van der Waals surface area contributed by atoms with Crippen molar-refractivity contribution in [3.05, 3.63) is 45.9 Å². The van der Waals surface area contributed by atoms with E-state index in [0.717, 1.165) is 161 Å². The highest BCUT2D eigenvalue weighted by Crippen LogP contribution is 2.23. The third-order valence-electron chi connectivity index (χ3n) is 16.7. The highest BCUT2D eigenvalue weighted by Gasteiger charge is 2.21. The van der Waals surface area contributed by atoms with Crippen molar-refractivity contribution in [2.75, 3.05) is 104 Å². The van der Waals surface area contributed by atoms with E-state index < -0.39 is 18.3 Å². The lowest BCUT2D eigenvalue weighted by molar-refractivity contribution is -0.116. The fourth-order valence-electron chi connectivity index (χ4n) is 11.6. The van der Waals surface area contributed by atoms with Gasteiger partial charge in [0.25, 0.3) is 0 Å². The van der Waals surface area contributed by atoms with Gasteiger partial charge in [-0.05, 0) is 108 Å². The van der Waals surface area contributed by atoms with Crippen molar-refractivity contribution in [3.8, 4) is 6.01 Å². The summed E-state index contributed by atoms with van der Waals surface area (Å²) in [5.74, 6) is -0.360. The number of aryl methyl sites for hydroxylation is 1. The molecule has 0 aliphatic carbocycles. The monoisotopic (exact) mass is 1190 g/mol. The first-order valence-corrected chi connectivity index (χ1v) is 34.1. The van der Waals surface area contributed by atoms with Crippen molar-refractivity contribution in [1.29, 1.82) is 0 Å². The number of rotatable bonds is 53. The second-order valence-electron chi connectivity index (χ2n) is 24.4. The van der Waals surface area contributed by atoms with Crippen LogP contribution in [0.2, 0.25) is 0 Å². The number of esters is 1. The van der Waals surface area contributed by atoms with Crippen molar-refractivity contribution < 1.29 is 39.1 Å². The third-order valence-corrected chi connectivity index (χ3v) is 16.7. The number of anilines is 1. The topological polar surface area (TPSA) is 211 Å². The number of aliphatic hydroxyl groups is 3. The molecule has 1 aliphatic rings. The minimum Gasteiger partial charge on any atom is -0.465 e. The van der Waals surface area contributed by atoms with E-state index in [2.05, 4.69) is 62.6 Å². The van der Waals surface area contributed by atoms with E-state index in [9.17, 15) is 29.7 Å². The summed E-state index contributed by atoms with van der Waals surface area (Å²) in [6, 6.07) is 7.65. The third kappa shape index (κ3) is 32.2. The van der Waals surface area contributed by atoms with Crippen LogP contribution in [0.5, 0.6) is 6.01 Å². The number of unbranched alkanes of at least 4 members (excludes halogenated alkanes) is 18. The number of aliphatic hydroxyl groups excluding tert-OH is 3. The molecule has 85 heavy (non-hydrogen) atoms. The Morgan fingerprint density at radius 2 is 1.16 bits per heavy atom. The van der Waals surface area contributed by atoms with E-state index in [0.29, 0.717) is 75.4 Å². The molecule has 2 aromatic heterocycles. The maximum Gasteiger partial charge on any atom is 0.337 e. The summed E-state index contributed by atoms with van der Waals surface area (Å²) in [6.45, 7) is 20.1. The Morgan fingerprint density at radius 1 is 0.635 bits per heavy atom. The molecule has 18 nitrogen and oxygen atoms in total. The van der Waals surface area contributed by atoms with Gasteiger partial charge in [0.1, 0.15) is 5.52 Å². The van der Waals surface area contributed by atoms with Crippen LogP contribution < -0.4 is 15.7 Å². The van der Waals surface area contributed by atoms with Crippen LogP contribution >= 0.6 is 0 Å². The van der Waals surface area contributed by atoms with E-state index in [4.69, 9.17) is 19.2 Å². The highest BCUT2D eigenvalue weighted by atomic mass is 16.5. The second kappa shape index (κ2) is 46.2. The number of methoxy groups -OCH3 is 1. The van der Waals surface area contributed by atoms with Crippen molar-refractivity contribution in [2.24, 2.45) is 0 Å². The predicted molar refractivity (Wildman–Crippen MR) is 345 cm³/mol. The lowest BCUT2D eigenvalue weighted by Gasteiger charge is -2.30. The van der Waals surface area contributed by atoms with Gasteiger partial charge in [-0.2, -0.15) is 9.97 Å². The van der Waals surface area contributed by atoms with Crippen molar-refractivity contribution in [2.45, 2.75) is 252 Å². The average Bonchev–Trinajstić information content (AvgIpc) is 4.07. The van der Waals surface area contributed by atoms with Crippen LogP contribution in [-0.2, 0) is 27.4 Å². The molecule has 1 fully saturated rings. The molecular weight excluding hydrogens is 1070 g/mol. The molecule has 1 aromatic carbocycles. The first-order valence-electron chi connectivity index (χ1n) is 34.1. The summed E-state index contributed by atoms with van der Waals surface area (Å²) in [6.07, 6.45) is 29.2. The minimum absolute atomic E-state index is 0.106. The number of carbonyl (C=O) groups is 2. The summed E-state index contributed by atoms with van der Waals surface area (Å²) < 4.78 is 18.2. The summed E-state index contributed by atoms with van der Waals surface area (Å²) in [5, 5.41) is 36.8. The average molecular weight is 1190 g/mol. The molecule has 0 bridgehead atoms. The van der Waals surface area contributed by atoms with Crippen molar-refractivity contribution in [1.82, 2.24) is 39.1 Å². The largest absolute Gasteiger partial charge is 0.465 e. The molecule has 3 aromatic rings. The molecule has 3 heterocycles. The predicted octanol–water partition coefficient (Wildman–Crippen LogP) is 11.5. The van der Waals surface area contributed by atoms with E-state index in [1.165, 1.54) is 84.2 Å². The van der Waals surface area contributed by atoms with Crippen LogP contribution in [0.15, 0.2) is 29.1 Å². The standard InChI is InChI=1S/C67H119N9O9/c1-6-10-14-17-20-24-35-58(77)53-74(42-31-44-75(54-59(78)36-25-21-18-15-11-7-2)55-60(79)37-26-22-19-16-12-8-3)39-28-23-27-38-61(80)68-63-62-64(71-66(70-63)85-48-13-9-4)76(67(82)69-62)45-32-43-73(41-30-40-72-46-49-84-50-47-72)52-56-33-29-34-57(51-56)65(81)83-5/h29,33-34,51,58-60,77-79H,6-28,30-32,35-50,52-55H2,1-5H3,(H,69,82)(H,68,70,71,80). The molecule has 3 atom stereocenters. The number of hydrogen-bond donors (Lipinski definition) is 5. The van der Waals surface area contributed by atoms with Gasteiger partial charge in [-0.15, -0.1) is 0 Å². The lowest BCUT2D eigenvalue weighted by Crippen LogP contribution is -2.40. The maximum atomic E-state index is 13.8. The van der Waals surface area contributed by atoms with Gasteiger partial charge in [0.05, 0.1) is 50.8 Å². The number of H-pyrrole nitrogens is 1. The summed E-state index contributed by atoms with van der Waals surface area (Å²) in [7, 11) is 1.39. The molecule has 486 valence electrons. The van der Waals surface area contributed by atoms with Gasteiger partial charge in [0.2, 0.25) is 5.91 Å². The first kappa shape index (κ1) is 73.5. The van der Waals surface area contributed by atoms with Gasteiger partial charge in [0, 0.05) is 58.8 Å². The summed E-state index contributed by atoms with van der Waals surface area (Å²) in [4.78, 5) is 61.6. The van der Waals surface area contributed by atoms with Crippen LogP contribution in [0.25, 0.3) is 11.2 Å². The smallest absolute Gasteiger partial charge is 0.337 e. The Bertz CT molecular complexity index is 2220. The van der Waals surface area contributed by atoms with E-state index in [-0.39, 0.29) is 35.8 Å².